The van der Waals surface area contributed by atoms with E-state index in [4.69, 9.17) is 0 Å². The van der Waals surface area contributed by atoms with Gasteiger partial charge < -0.3 is 15.2 Å². The molecule has 4 nitrogen and oxygen atoms in total. The fraction of sp³-hybridized carbons (Fsp3) is 0.286. The average Bonchev–Trinajstić information content (AvgIpc) is 2.05. The smallest absolute Gasteiger partial charge is 0.268 e. The number of carbonyl (C=O) groups excluding carboxylic acids is 1. The van der Waals surface area contributed by atoms with Gasteiger partial charge in [0.1, 0.15) is 6.29 Å². The highest BCUT2D eigenvalue weighted by Crippen LogP contribution is 2.11. The second-order valence-electron chi connectivity index (χ2n) is 2.14. The molecule has 0 unspecified atom stereocenters. The number of hydrogen-bond acceptors (Lipinski definition) is 4. The highest BCUT2D eigenvalue weighted by molar-refractivity contribution is 5.78. The van der Waals surface area contributed by atoms with Crippen LogP contribution in [0.1, 0.15) is 0 Å². The van der Waals surface area contributed by atoms with Gasteiger partial charge >= 0.3 is 0 Å². The number of ether oxygens (including phenoxy) is 1. The molecular weight excluding hydrogens is 146 g/mol. The van der Waals surface area contributed by atoms with E-state index in [1.807, 2.05) is 0 Å². The van der Waals surface area contributed by atoms with Gasteiger partial charge in [-0.25, -0.2) is 0 Å². The van der Waals surface area contributed by atoms with Crippen LogP contribution in [0.15, 0.2) is 23.9 Å². The molecule has 0 spiro atoms. The number of methoxy groups -OCH3 is 1. The zero-order chi connectivity index (χ0) is 8.32. The van der Waals surface area contributed by atoms with Gasteiger partial charge in [0, 0.05) is 25.0 Å². The molecule has 1 aliphatic heterocycles. The number of aliphatic hydroxyl groups is 1. The van der Waals surface area contributed by atoms with Crippen molar-refractivity contribution in [1.82, 2.24) is 5.32 Å². The van der Waals surface area contributed by atoms with Crippen LogP contribution in [0.4, 0.5) is 0 Å². The van der Waals surface area contributed by atoms with Crippen LogP contribution < -0.4 is 5.32 Å². The van der Waals surface area contributed by atoms with Gasteiger partial charge in [-0.2, -0.15) is 0 Å². The van der Waals surface area contributed by atoms with Crippen LogP contribution in [-0.4, -0.2) is 24.4 Å². The van der Waals surface area contributed by atoms with Gasteiger partial charge in [-0.15, -0.1) is 0 Å². The minimum Gasteiger partial charge on any atom is -0.345 e. The Labute approximate surface area is 64.2 Å². The molecule has 0 saturated heterocycles. The Morgan fingerprint density at radius 3 is 3.09 bits per heavy atom. The predicted molar refractivity (Wildman–Crippen MR) is 38.4 cm³/mol. The van der Waals surface area contributed by atoms with E-state index in [2.05, 4.69) is 10.1 Å². The number of dihydropyridines is 1. The number of carbonyl (C=O) groups is 1. The summed E-state index contributed by atoms with van der Waals surface area (Å²) in [6.07, 6.45) is 4.93. The molecule has 1 atom stereocenters. The lowest BCUT2D eigenvalue weighted by molar-refractivity contribution is -0.162. The summed E-state index contributed by atoms with van der Waals surface area (Å²) in [7, 11) is 1.34. The van der Waals surface area contributed by atoms with Crippen molar-refractivity contribution in [3.05, 3.63) is 23.9 Å². The Hall–Kier alpha value is -1.13. The molecule has 0 saturated carbocycles. The predicted octanol–water partition coefficient (Wildman–Crippen LogP) is -0.479. The lowest BCUT2D eigenvalue weighted by atomic mass is 10.2. The van der Waals surface area contributed by atoms with E-state index in [1.54, 1.807) is 6.08 Å². The summed E-state index contributed by atoms with van der Waals surface area (Å²) >= 11 is 0. The van der Waals surface area contributed by atoms with E-state index in [-0.39, 0.29) is 0 Å². The highest BCUT2D eigenvalue weighted by Gasteiger charge is 2.23. The van der Waals surface area contributed by atoms with E-state index in [0.717, 1.165) is 0 Å². The lowest BCUT2D eigenvalue weighted by Crippen LogP contribution is -2.43. The number of aldehydes is 1. The van der Waals surface area contributed by atoms with Gasteiger partial charge in [0.05, 0.1) is 0 Å². The highest BCUT2D eigenvalue weighted by atomic mass is 16.6. The minimum absolute atomic E-state index is 0.383. The van der Waals surface area contributed by atoms with E-state index in [9.17, 15) is 9.90 Å². The maximum absolute atomic E-state index is 10.2. The summed E-state index contributed by atoms with van der Waals surface area (Å²) in [5, 5.41) is 11.9. The molecule has 60 valence electrons. The normalized spacial score (nSPS) is 29.1. The lowest BCUT2D eigenvalue weighted by Gasteiger charge is -2.25. The van der Waals surface area contributed by atoms with E-state index in [1.165, 1.54) is 19.4 Å². The van der Waals surface area contributed by atoms with Crippen molar-refractivity contribution in [3.63, 3.8) is 0 Å². The second kappa shape index (κ2) is 2.86. The van der Waals surface area contributed by atoms with Crippen molar-refractivity contribution in [2.24, 2.45) is 0 Å². The van der Waals surface area contributed by atoms with E-state index < -0.39 is 5.91 Å². The van der Waals surface area contributed by atoms with Gasteiger partial charge in [0.2, 0.25) is 0 Å². The molecule has 1 aliphatic rings. The summed E-state index contributed by atoms with van der Waals surface area (Å²) < 4.78 is 4.67. The summed E-state index contributed by atoms with van der Waals surface area (Å²) in [5.41, 5.74) is 0.383. The van der Waals surface area contributed by atoms with Crippen LogP contribution in [0.5, 0.6) is 0 Å². The maximum atomic E-state index is 10.2. The fourth-order valence-corrected chi connectivity index (χ4v) is 0.764. The molecule has 1 heterocycles. The molecule has 0 bridgehead atoms. The van der Waals surface area contributed by atoms with Crippen molar-refractivity contribution in [2.45, 2.75) is 5.91 Å². The summed E-state index contributed by atoms with van der Waals surface area (Å²) in [4.78, 5) is 10.2. The summed E-state index contributed by atoms with van der Waals surface area (Å²) in [6, 6.07) is 0. The van der Waals surface area contributed by atoms with Crippen LogP contribution in [-0.2, 0) is 9.53 Å². The van der Waals surface area contributed by atoms with Crippen LogP contribution >= 0.6 is 0 Å². The first-order valence-electron chi connectivity index (χ1n) is 3.10. The summed E-state index contributed by atoms with van der Waals surface area (Å²) in [5.74, 6) is -1.54. The standard InChI is InChI=1S/C7H9NO3/c1-11-7(10)4-6(5-9)2-3-8-7/h2-5,8,10H,1H3/t7-/m0/s1. The van der Waals surface area contributed by atoms with Gasteiger partial charge in [-0.1, -0.05) is 0 Å². The van der Waals surface area contributed by atoms with Gasteiger partial charge in [0.15, 0.2) is 0 Å². The topological polar surface area (TPSA) is 58.6 Å². The van der Waals surface area contributed by atoms with Gasteiger partial charge in [-0.3, -0.25) is 4.79 Å². The number of hydrogen-bond donors (Lipinski definition) is 2. The molecule has 1 rings (SSSR count). The Morgan fingerprint density at radius 2 is 2.55 bits per heavy atom. The van der Waals surface area contributed by atoms with Crippen LogP contribution in [0.3, 0.4) is 0 Å². The number of nitrogens with one attached hydrogen (secondary N) is 1. The molecular formula is C7H9NO3. The molecule has 0 aromatic rings. The molecule has 0 aromatic carbocycles. The quantitative estimate of drug-likeness (QED) is 0.417. The third-order valence-electron chi connectivity index (χ3n) is 1.38. The minimum atomic E-state index is -1.54. The largest absolute Gasteiger partial charge is 0.345 e. The van der Waals surface area contributed by atoms with Crippen molar-refractivity contribution in [1.29, 1.82) is 0 Å². The van der Waals surface area contributed by atoms with Crippen LogP contribution in [0, 0.1) is 0 Å². The average molecular weight is 155 g/mol. The Morgan fingerprint density at radius 1 is 1.82 bits per heavy atom. The zero-order valence-electron chi connectivity index (χ0n) is 6.07. The number of rotatable bonds is 2. The van der Waals surface area contributed by atoms with Gasteiger partial charge in [0.25, 0.3) is 5.91 Å². The zero-order valence-corrected chi connectivity index (χ0v) is 6.07. The van der Waals surface area contributed by atoms with Gasteiger partial charge in [-0.05, 0) is 6.08 Å². The maximum Gasteiger partial charge on any atom is 0.268 e. The fourth-order valence-electron chi connectivity index (χ4n) is 0.764. The monoisotopic (exact) mass is 155 g/mol. The van der Waals surface area contributed by atoms with Crippen LogP contribution in [0.2, 0.25) is 0 Å². The molecule has 0 amide bonds. The summed E-state index contributed by atoms with van der Waals surface area (Å²) in [6.45, 7) is 0. The second-order valence-corrected chi connectivity index (χ2v) is 2.14. The molecule has 0 aliphatic carbocycles. The number of allylic oxidation sites excluding steroid dienone is 2. The first-order valence-corrected chi connectivity index (χ1v) is 3.10. The Balaban J connectivity index is 2.83. The molecule has 4 heteroatoms. The Kier molecular flexibility index (Phi) is 2.07. The molecule has 0 aromatic heterocycles. The van der Waals surface area contributed by atoms with Crippen molar-refractivity contribution < 1.29 is 14.6 Å². The van der Waals surface area contributed by atoms with Crippen LogP contribution in [0.25, 0.3) is 0 Å². The van der Waals surface area contributed by atoms with Crippen molar-refractivity contribution >= 4 is 6.29 Å². The van der Waals surface area contributed by atoms with E-state index in [0.29, 0.717) is 11.9 Å². The first kappa shape index (κ1) is 7.97. The Bertz CT molecular complexity index is 222. The third-order valence-corrected chi connectivity index (χ3v) is 1.38. The molecule has 0 radical (unpaired) electrons. The first-order chi connectivity index (χ1) is 5.20. The van der Waals surface area contributed by atoms with E-state index >= 15 is 0 Å². The molecule has 11 heavy (non-hydrogen) atoms. The molecule has 2 N–H and O–H groups in total. The molecule has 0 fully saturated rings. The SMILES string of the molecule is CO[C@@]1(O)C=C(C=O)C=CN1. The van der Waals surface area contributed by atoms with Crippen molar-refractivity contribution in [3.8, 4) is 0 Å². The van der Waals surface area contributed by atoms with Crippen molar-refractivity contribution in [2.75, 3.05) is 7.11 Å². The third kappa shape index (κ3) is 1.66.